The molecular formula is C28H29B7ClN5O3S. The maximum atomic E-state index is 13.2. The van der Waals surface area contributed by atoms with Crippen LogP contribution in [0.5, 0.6) is 5.75 Å². The van der Waals surface area contributed by atoms with Crippen molar-refractivity contribution in [3.63, 3.8) is 0 Å². The first-order chi connectivity index (χ1) is 20.5. The largest absolute Gasteiger partial charge is 0.496 e. The van der Waals surface area contributed by atoms with Crippen LogP contribution in [0.2, 0.25) is 5.02 Å². The molecule has 17 heteroatoms. The Balaban J connectivity index is 1.76. The van der Waals surface area contributed by atoms with Gasteiger partial charge >= 0.3 is 0 Å². The number of nitrogens with one attached hydrogen (secondary N) is 3. The molecule has 0 amide bonds. The number of benzene rings is 2. The highest BCUT2D eigenvalue weighted by atomic mass is 35.5. The van der Waals surface area contributed by atoms with Crippen LogP contribution in [-0.2, 0) is 9.84 Å². The van der Waals surface area contributed by atoms with E-state index in [1.807, 2.05) is 6.92 Å². The van der Waals surface area contributed by atoms with Crippen LogP contribution in [0.3, 0.4) is 0 Å². The van der Waals surface area contributed by atoms with Crippen molar-refractivity contribution in [3.8, 4) is 5.75 Å². The van der Waals surface area contributed by atoms with Gasteiger partial charge in [0.1, 0.15) is 26.5 Å². The number of sulfone groups is 1. The second-order valence-electron chi connectivity index (χ2n) is 12.6. The Morgan fingerprint density at radius 2 is 1.64 bits per heavy atom. The van der Waals surface area contributed by atoms with Crippen molar-refractivity contribution in [1.82, 2.24) is 15.3 Å². The molecule has 0 bridgehead atoms. The Kier molecular flexibility index (Phi) is 9.69. The number of ether oxygens (including phenoxy) is 1. The molecule has 1 fully saturated rings. The third-order valence-electron chi connectivity index (χ3n) is 7.19. The summed E-state index contributed by atoms with van der Waals surface area (Å²) in [6.07, 6.45) is 1.98. The Bertz CT molecular complexity index is 1700. The average molecular weight is 627 g/mol. The fourth-order valence-corrected chi connectivity index (χ4v) is 6.57. The van der Waals surface area contributed by atoms with Gasteiger partial charge in [-0.2, -0.15) is 4.98 Å². The number of piperidine rings is 1. The van der Waals surface area contributed by atoms with Crippen LogP contribution >= 0.6 is 11.6 Å². The molecule has 3 N–H and O–H groups in total. The van der Waals surface area contributed by atoms with Gasteiger partial charge in [0.2, 0.25) is 5.95 Å². The Morgan fingerprint density at radius 3 is 2.22 bits per heavy atom. The summed E-state index contributed by atoms with van der Waals surface area (Å²) in [4.78, 5) is 8.78. The Hall–Kier alpha value is -2.43. The number of hydrogen-bond acceptors (Lipinski definition) is 8. The maximum Gasteiger partial charge on any atom is 0.229 e. The maximum absolute atomic E-state index is 13.2. The quantitative estimate of drug-likeness (QED) is 0.311. The number of anilines is 4. The van der Waals surface area contributed by atoms with E-state index in [1.165, 1.54) is 26.1 Å². The van der Waals surface area contributed by atoms with Gasteiger partial charge < -0.3 is 20.7 Å². The van der Waals surface area contributed by atoms with Crippen molar-refractivity contribution in [1.29, 1.82) is 0 Å². The first-order valence-corrected chi connectivity index (χ1v) is 15.9. The monoisotopic (exact) mass is 627 g/mol. The van der Waals surface area contributed by atoms with E-state index in [-0.39, 0.29) is 33.3 Å². The fraction of sp³-hybridized carbons (Fsp3) is 0.429. The van der Waals surface area contributed by atoms with Crippen molar-refractivity contribution in [2.24, 2.45) is 0 Å². The van der Waals surface area contributed by atoms with Gasteiger partial charge in [-0.05, 0) is 63.3 Å². The van der Waals surface area contributed by atoms with Gasteiger partial charge in [-0.15, -0.1) is 0 Å². The predicted octanol–water partition coefficient (Wildman–Crippen LogP) is 2.13. The minimum absolute atomic E-state index is 0.0196. The van der Waals surface area contributed by atoms with Crippen LogP contribution in [-0.4, -0.2) is 94.1 Å². The highest BCUT2D eigenvalue weighted by Gasteiger charge is 2.38. The van der Waals surface area contributed by atoms with Gasteiger partial charge in [-0.1, -0.05) is 59.3 Å². The van der Waals surface area contributed by atoms with Crippen LogP contribution in [0.25, 0.3) is 0 Å². The van der Waals surface area contributed by atoms with Gasteiger partial charge in [0.25, 0.3) is 0 Å². The Morgan fingerprint density at radius 1 is 1.04 bits per heavy atom. The van der Waals surface area contributed by atoms with Crippen molar-refractivity contribution in [2.45, 2.75) is 79.1 Å². The lowest BCUT2D eigenvalue weighted by molar-refractivity contribution is 0.199. The molecule has 2 heterocycles. The Labute approximate surface area is 280 Å². The van der Waals surface area contributed by atoms with E-state index in [9.17, 15) is 8.42 Å². The van der Waals surface area contributed by atoms with Crippen LogP contribution < -0.4 is 26.2 Å². The summed E-state index contributed by atoms with van der Waals surface area (Å²) in [6.45, 7) is 8.03. The third kappa shape index (κ3) is 8.12. The summed E-state index contributed by atoms with van der Waals surface area (Å²) >= 11 is 6.43. The summed E-state index contributed by atoms with van der Waals surface area (Å²) in [6, 6.07) is 8.08. The number of hydrogen-bond donors (Lipinski definition) is 3. The highest BCUT2D eigenvalue weighted by molar-refractivity contribution is 7.94. The van der Waals surface area contributed by atoms with Crippen LogP contribution in [0.4, 0.5) is 23.1 Å². The second kappa shape index (κ2) is 12.3. The van der Waals surface area contributed by atoms with Crippen LogP contribution in [0, 0.1) is 6.92 Å². The number of aromatic nitrogens is 2. The minimum Gasteiger partial charge on any atom is -0.496 e. The molecule has 0 atom stereocenters. The molecule has 218 valence electrons. The van der Waals surface area contributed by atoms with Crippen molar-refractivity contribution in [3.05, 3.63) is 52.7 Å². The lowest BCUT2D eigenvalue weighted by atomic mass is 9.46. The molecule has 1 saturated heterocycles. The minimum atomic E-state index is -3.93. The molecule has 4 rings (SSSR count). The molecule has 1 aliphatic heterocycles. The van der Waals surface area contributed by atoms with Crippen LogP contribution in [0.1, 0.15) is 57.6 Å². The molecule has 45 heavy (non-hydrogen) atoms. The zero-order chi connectivity index (χ0) is 33.8. The summed E-state index contributed by atoms with van der Waals surface area (Å²) in [7, 11) is 39.9. The molecule has 14 radical (unpaired) electrons. The summed E-state index contributed by atoms with van der Waals surface area (Å²) in [5.41, 5.74) is 1.25. The second-order valence-corrected chi connectivity index (χ2v) is 15.5. The SMILES string of the molecule is [B]c1c(C)c(C2CC([B])([B])NC([B])([B])C2)cc(OC([B])(C)C)c1Nc1ncc(Cl)c(Nc2ccccc2S(=O)(=O)C([B])(C)C)n1. The normalized spacial score (nSPS) is 17.0. The number of halogens is 1. The smallest absolute Gasteiger partial charge is 0.229 e. The summed E-state index contributed by atoms with van der Waals surface area (Å²) < 4.78 is 30.9. The molecule has 0 spiro atoms. The standard InChI is InChI=1S/C28H29B7ClN5O3S/c1-14-16(15-11-27(32,33)41-28(34,35)12-15)10-19(44-25(2,3)30)22(21(14)29)39-24-37-13-17(36)23(40-24)38-18-8-6-7-9-20(18)45(42,43)26(4,5)31/h6-10,13,15,41H,11-12H2,1-5H3,(H2,37,38,39,40). The molecule has 2 aromatic carbocycles. The third-order valence-corrected chi connectivity index (χ3v) is 9.79. The van der Waals surface area contributed by atoms with E-state index in [2.05, 4.69) is 25.9 Å². The van der Waals surface area contributed by atoms with Crippen molar-refractivity contribution < 1.29 is 13.2 Å². The summed E-state index contributed by atoms with van der Waals surface area (Å²) in [5.74, 6) is 0.230. The molecular weight excluding hydrogens is 598 g/mol. The van der Waals surface area contributed by atoms with Crippen molar-refractivity contribution in [2.75, 3.05) is 10.6 Å². The number of nitrogens with zero attached hydrogens (tertiary/aromatic N) is 2. The van der Waals surface area contributed by atoms with Gasteiger partial charge in [-0.3, -0.25) is 0 Å². The first kappa shape index (κ1) is 35.4. The lowest BCUT2D eigenvalue weighted by Crippen LogP contribution is -2.64. The van der Waals surface area contributed by atoms with Gasteiger partial charge in [-0.25, -0.2) is 13.4 Å². The number of rotatable bonds is 9. The topological polar surface area (TPSA) is 105 Å². The fourth-order valence-electron chi connectivity index (χ4n) is 5.20. The van der Waals surface area contributed by atoms with E-state index < -0.39 is 30.7 Å². The lowest BCUT2D eigenvalue weighted by Gasteiger charge is -2.49. The van der Waals surface area contributed by atoms with E-state index in [4.69, 9.17) is 71.3 Å². The van der Waals surface area contributed by atoms with Gasteiger partial charge in [0.15, 0.2) is 15.7 Å². The van der Waals surface area contributed by atoms with Gasteiger partial charge in [0.05, 0.1) is 67.2 Å². The molecule has 0 saturated carbocycles. The van der Waals surface area contributed by atoms with Crippen LogP contribution in [0.15, 0.2) is 41.4 Å². The average Bonchev–Trinajstić information content (AvgIpc) is 2.87. The van der Waals surface area contributed by atoms with Crippen molar-refractivity contribution >= 4 is 105 Å². The molecule has 1 aromatic heterocycles. The zero-order valence-corrected chi connectivity index (χ0v) is 27.5. The molecule has 8 nitrogen and oxygen atoms in total. The molecule has 3 aromatic rings. The van der Waals surface area contributed by atoms with E-state index in [0.29, 0.717) is 35.3 Å². The van der Waals surface area contributed by atoms with E-state index in [1.54, 1.807) is 38.1 Å². The first-order valence-electron chi connectivity index (χ1n) is 14.0. The van der Waals surface area contributed by atoms with E-state index in [0.717, 1.165) is 5.56 Å². The van der Waals surface area contributed by atoms with Gasteiger partial charge in [0, 0.05) is 4.65 Å². The number of para-hydroxylation sites is 1. The predicted molar refractivity (Wildman–Crippen MR) is 188 cm³/mol. The summed E-state index contributed by atoms with van der Waals surface area (Å²) in [5, 5.41) is 6.45. The zero-order valence-electron chi connectivity index (χ0n) is 25.9. The molecule has 0 unspecified atom stereocenters. The highest BCUT2D eigenvalue weighted by Crippen LogP contribution is 2.41. The molecule has 1 aliphatic rings. The van der Waals surface area contributed by atoms with E-state index >= 15 is 0 Å². The molecule has 0 aliphatic carbocycles.